The topological polar surface area (TPSA) is 78.4 Å². The molecule has 7 nitrogen and oxygen atoms in total. The summed E-state index contributed by atoms with van der Waals surface area (Å²) in [5.41, 5.74) is 2.69. The fraction of sp³-hybridized carbons (Fsp3) is 0.727. The van der Waals surface area contributed by atoms with Gasteiger partial charge in [0.2, 0.25) is 0 Å². The lowest BCUT2D eigenvalue weighted by atomic mass is 9.94. The van der Waals surface area contributed by atoms with E-state index in [-0.39, 0.29) is 31.3 Å². The van der Waals surface area contributed by atoms with Crippen molar-refractivity contribution in [1.29, 1.82) is 0 Å². The van der Waals surface area contributed by atoms with Gasteiger partial charge in [0.05, 0.1) is 30.9 Å². The maximum Gasteiger partial charge on any atom is 0.336 e. The van der Waals surface area contributed by atoms with Crippen LogP contribution in [0.15, 0.2) is 27.9 Å². The molecule has 1 N–H and O–H groups in total. The Morgan fingerprint density at radius 3 is 2.69 bits per heavy atom. The summed E-state index contributed by atoms with van der Waals surface area (Å²) < 4.78 is 21.7. The molecule has 1 aliphatic carbocycles. The van der Waals surface area contributed by atoms with E-state index in [1.54, 1.807) is 7.11 Å². The van der Waals surface area contributed by atoms with Crippen molar-refractivity contribution in [3.8, 4) is 0 Å². The van der Waals surface area contributed by atoms with Crippen molar-refractivity contribution in [3.63, 3.8) is 0 Å². The van der Waals surface area contributed by atoms with Gasteiger partial charge in [0.15, 0.2) is 0 Å². The number of hydrogen-bond acceptors (Lipinski definition) is 7. The number of rotatable bonds is 15. The van der Waals surface area contributed by atoms with Crippen molar-refractivity contribution < 1.29 is 23.7 Å². The molecule has 0 radical (unpaired) electrons. The maximum atomic E-state index is 12.7. The number of carbonyl (C=O) groups excluding carboxylic acids is 1. The number of carbonyl (C=O) groups is 1. The highest BCUT2D eigenvalue weighted by Gasteiger charge is 2.19. The first-order chi connectivity index (χ1) is 14.0. The van der Waals surface area contributed by atoms with Crippen molar-refractivity contribution in [2.24, 2.45) is 4.99 Å². The lowest BCUT2D eigenvalue weighted by molar-refractivity contribution is -0.143. The second-order valence-corrected chi connectivity index (χ2v) is 7.19. The largest absolute Gasteiger partial charge is 0.460 e. The van der Waals surface area contributed by atoms with Gasteiger partial charge in [0, 0.05) is 32.6 Å². The molecule has 7 heteroatoms. The summed E-state index contributed by atoms with van der Waals surface area (Å²) in [5.74, 6) is -0.349. The van der Waals surface area contributed by atoms with Gasteiger partial charge in [-0.25, -0.2) is 4.79 Å². The van der Waals surface area contributed by atoms with E-state index in [0.29, 0.717) is 18.8 Å². The molecule has 166 valence electrons. The Bertz CT molecular complexity index is 559. The van der Waals surface area contributed by atoms with Crippen molar-refractivity contribution in [3.05, 3.63) is 22.9 Å². The summed E-state index contributed by atoms with van der Waals surface area (Å²) in [6.45, 7) is 12.5. The van der Waals surface area contributed by atoms with Gasteiger partial charge >= 0.3 is 5.97 Å². The Balaban J connectivity index is 2.64. The summed E-state index contributed by atoms with van der Waals surface area (Å²) in [7, 11) is 1.70. The highest BCUT2D eigenvalue weighted by molar-refractivity contribution is 5.90. The Hall–Kier alpha value is -1.70. The number of esters is 1. The SMILES string of the molecule is C=NC/C(C(=O)OCC(C)OCC(C)OCC)=C1/C=C(NCCCOC)CCC1. The van der Waals surface area contributed by atoms with Crippen LogP contribution in [-0.2, 0) is 23.7 Å². The molecule has 0 aliphatic heterocycles. The predicted molar refractivity (Wildman–Crippen MR) is 115 cm³/mol. The summed E-state index contributed by atoms with van der Waals surface area (Å²) in [4.78, 5) is 16.6. The minimum absolute atomic E-state index is 0.0167. The molecule has 0 fully saturated rings. The summed E-state index contributed by atoms with van der Waals surface area (Å²) in [6.07, 6.45) is 5.61. The van der Waals surface area contributed by atoms with Crippen molar-refractivity contribution >= 4 is 12.7 Å². The summed E-state index contributed by atoms with van der Waals surface area (Å²) >= 11 is 0. The van der Waals surface area contributed by atoms with E-state index in [1.165, 1.54) is 0 Å². The van der Waals surface area contributed by atoms with Crippen molar-refractivity contribution in [2.75, 3.05) is 46.6 Å². The molecule has 0 saturated carbocycles. The number of allylic oxidation sites excluding steroid dienone is 3. The van der Waals surface area contributed by atoms with Crippen LogP contribution in [0.3, 0.4) is 0 Å². The molecule has 2 atom stereocenters. The van der Waals surface area contributed by atoms with Gasteiger partial charge in [-0.1, -0.05) is 0 Å². The van der Waals surface area contributed by atoms with E-state index >= 15 is 0 Å². The first-order valence-electron chi connectivity index (χ1n) is 10.5. The predicted octanol–water partition coefficient (Wildman–Crippen LogP) is 3.05. The van der Waals surface area contributed by atoms with Gasteiger partial charge in [-0.2, -0.15) is 0 Å². The number of nitrogens with one attached hydrogen (secondary N) is 1. The van der Waals surface area contributed by atoms with Gasteiger partial charge < -0.3 is 24.3 Å². The molecule has 2 unspecified atom stereocenters. The summed E-state index contributed by atoms with van der Waals surface area (Å²) in [5, 5.41) is 3.43. The van der Waals surface area contributed by atoms with E-state index < -0.39 is 0 Å². The second kappa shape index (κ2) is 15.2. The molecule has 0 heterocycles. The first kappa shape index (κ1) is 25.3. The van der Waals surface area contributed by atoms with Crippen LogP contribution in [0.1, 0.15) is 46.5 Å². The molecule has 1 rings (SSSR count). The molecular weight excluding hydrogens is 372 g/mol. The van der Waals surface area contributed by atoms with E-state index in [0.717, 1.165) is 50.1 Å². The Morgan fingerprint density at radius 1 is 1.24 bits per heavy atom. The number of methoxy groups -OCH3 is 1. The summed E-state index contributed by atoms with van der Waals surface area (Å²) in [6, 6.07) is 0. The van der Waals surface area contributed by atoms with Crippen molar-refractivity contribution in [2.45, 2.75) is 58.7 Å². The highest BCUT2D eigenvalue weighted by atomic mass is 16.6. The molecule has 29 heavy (non-hydrogen) atoms. The van der Waals surface area contributed by atoms with Gasteiger partial charge in [0.25, 0.3) is 0 Å². The van der Waals surface area contributed by atoms with Crippen LogP contribution in [0.2, 0.25) is 0 Å². The molecule has 0 aromatic carbocycles. The average Bonchev–Trinajstić information content (AvgIpc) is 2.72. The zero-order valence-corrected chi connectivity index (χ0v) is 18.5. The van der Waals surface area contributed by atoms with E-state index in [2.05, 4.69) is 23.1 Å². The number of ether oxygens (including phenoxy) is 4. The van der Waals surface area contributed by atoms with Crippen LogP contribution in [0.5, 0.6) is 0 Å². The third kappa shape index (κ3) is 10.6. The molecule has 0 bridgehead atoms. The number of aliphatic imine (C=N–C) groups is 1. The van der Waals surface area contributed by atoms with Crippen LogP contribution in [0.25, 0.3) is 0 Å². The maximum absolute atomic E-state index is 12.7. The van der Waals surface area contributed by atoms with E-state index in [4.69, 9.17) is 18.9 Å². The smallest absolute Gasteiger partial charge is 0.336 e. The fourth-order valence-electron chi connectivity index (χ4n) is 3.04. The fourth-order valence-corrected chi connectivity index (χ4v) is 3.04. The Morgan fingerprint density at radius 2 is 2.00 bits per heavy atom. The Kier molecular flexibility index (Phi) is 13.3. The van der Waals surface area contributed by atoms with E-state index in [9.17, 15) is 4.79 Å². The molecule has 1 aliphatic rings. The third-order valence-electron chi connectivity index (χ3n) is 4.54. The van der Waals surface area contributed by atoms with Gasteiger partial charge in [-0.05, 0) is 64.8 Å². The zero-order chi connectivity index (χ0) is 21.5. The standard InChI is InChI=1S/C22H38N2O5/c1-6-27-17(2)15-28-18(3)16-29-22(25)21(14-23-4)19-9-7-10-20(13-19)24-11-8-12-26-5/h13,17-18,24H,4,6-12,14-16H2,1-3,5H3/b21-19-. The van der Waals surface area contributed by atoms with Crippen molar-refractivity contribution in [1.82, 2.24) is 5.32 Å². The Labute approximate surface area is 175 Å². The number of nitrogens with zero attached hydrogens (tertiary/aromatic N) is 1. The molecular formula is C22H38N2O5. The van der Waals surface area contributed by atoms with Gasteiger partial charge in [-0.3, -0.25) is 4.99 Å². The molecule has 0 saturated heterocycles. The number of hydrogen-bond donors (Lipinski definition) is 1. The van der Waals surface area contributed by atoms with Crippen LogP contribution >= 0.6 is 0 Å². The highest BCUT2D eigenvalue weighted by Crippen LogP contribution is 2.24. The first-order valence-corrected chi connectivity index (χ1v) is 10.5. The lowest BCUT2D eigenvalue weighted by Gasteiger charge is -2.20. The van der Waals surface area contributed by atoms with Crippen LogP contribution in [-0.4, -0.2) is 71.5 Å². The quantitative estimate of drug-likeness (QED) is 0.193. The molecule has 0 spiro atoms. The lowest BCUT2D eigenvalue weighted by Crippen LogP contribution is -2.25. The minimum Gasteiger partial charge on any atom is -0.460 e. The second-order valence-electron chi connectivity index (χ2n) is 7.19. The zero-order valence-electron chi connectivity index (χ0n) is 18.5. The van der Waals surface area contributed by atoms with E-state index in [1.807, 2.05) is 20.8 Å². The van der Waals surface area contributed by atoms with Crippen LogP contribution < -0.4 is 5.32 Å². The minimum atomic E-state index is -0.349. The van der Waals surface area contributed by atoms with Crippen LogP contribution in [0, 0.1) is 0 Å². The monoisotopic (exact) mass is 410 g/mol. The molecule has 0 aromatic rings. The van der Waals surface area contributed by atoms with Gasteiger partial charge in [-0.15, -0.1) is 0 Å². The third-order valence-corrected chi connectivity index (χ3v) is 4.54. The molecule has 0 amide bonds. The van der Waals surface area contributed by atoms with Gasteiger partial charge in [0.1, 0.15) is 6.61 Å². The average molecular weight is 411 g/mol. The van der Waals surface area contributed by atoms with Crippen LogP contribution in [0.4, 0.5) is 0 Å². The molecule has 0 aromatic heterocycles. The normalized spacial score (nSPS) is 17.9.